The maximum Gasteiger partial charge on any atom is 0.262 e. The highest BCUT2D eigenvalue weighted by atomic mass is 79.9. The second kappa shape index (κ2) is 16.0. The van der Waals surface area contributed by atoms with Crippen LogP contribution in [0, 0.1) is 12.8 Å². The molecule has 0 aromatic heterocycles. The molecule has 218 valence electrons. The van der Waals surface area contributed by atoms with Crippen LogP contribution in [0.5, 0.6) is 17.2 Å². The summed E-state index contributed by atoms with van der Waals surface area (Å²) in [6, 6.07) is 17.7. The second-order valence-electron chi connectivity index (χ2n) is 9.68. The zero-order valence-electron chi connectivity index (χ0n) is 23.6. The summed E-state index contributed by atoms with van der Waals surface area (Å²) in [7, 11) is 0. The van der Waals surface area contributed by atoms with Crippen molar-refractivity contribution in [3.8, 4) is 17.2 Å². The Morgan fingerprint density at radius 2 is 1.76 bits per heavy atom. The molecular weight excluding hydrogens is 610 g/mol. The lowest BCUT2D eigenvalue weighted by Gasteiger charge is -2.19. The van der Waals surface area contributed by atoms with E-state index in [1.807, 2.05) is 70.2 Å². The van der Waals surface area contributed by atoms with Gasteiger partial charge in [0.25, 0.3) is 11.8 Å². The van der Waals surface area contributed by atoms with Gasteiger partial charge in [0.05, 0.1) is 17.3 Å². The Bertz CT molecular complexity index is 1370. The summed E-state index contributed by atoms with van der Waals surface area (Å²) in [5.41, 5.74) is 4.98. The second-order valence-corrected chi connectivity index (χ2v) is 10.9. The maximum atomic E-state index is 12.9. The highest BCUT2D eigenvalue weighted by Gasteiger charge is 2.22. The fraction of sp³-hybridized carbons (Fsp3) is 0.323. The minimum absolute atomic E-state index is 0.162. The van der Waals surface area contributed by atoms with E-state index in [9.17, 15) is 9.59 Å². The molecule has 2 amide bonds. The Morgan fingerprint density at radius 1 is 1.02 bits per heavy atom. The van der Waals surface area contributed by atoms with Crippen LogP contribution in [0.1, 0.15) is 43.9 Å². The van der Waals surface area contributed by atoms with Crippen molar-refractivity contribution >= 4 is 45.6 Å². The molecule has 10 heteroatoms. The lowest BCUT2D eigenvalue weighted by atomic mass is 10.0. The third-order valence-corrected chi connectivity index (χ3v) is 6.82. The van der Waals surface area contributed by atoms with Gasteiger partial charge in [-0.05, 0) is 77.5 Å². The molecule has 0 aliphatic rings. The number of benzene rings is 3. The average molecular weight is 645 g/mol. The van der Waals surface area contributed by atoms with E-state index >= 15 is 0 Å². The lowest BCUT2D eigenvalue weighted by Crippen LogP contribution is -2.47. The van der Waals surface area contributed by atoms with Gasteiger partial charge in [-0.3, -0.25) is 9.59 Å². The number of hydrazone groups is 1. The predicted octanol–water partition coefficient (Wildman–Crippen LogP) is 6.45. The number of rotatable bonds is 14. The number of amides is 2. The molecule has 0 aliphatic heterocycles. The van der Waals surface area contributed by atoms with Crippen molar-refractivity contribution in [3.05, 3.63) is 86.8 Å². The predicted molar refractivity (Wildman–Crippen MR) is 165 cm³/mol. The summed E-state index contributed by atoms with van der Waals surface area (Å²) in [6.07, 6.45) is 1.94. The molecule has 0 bridgehead atoms. The van der Waals surface area contributed by atoms with E-state index in [1.54, 1.807) is 18.2 Å². The van der Waals surface area contributed by atoms with E-state index in [-0.39, 0.29) is 19.1 Å². The summed E-state index contributed by atoms with van der Waals surface area (Å²) in [4.78, 5) is 25.5. The number of hydrogen-bond acceptors (Lipinski definition) is 6. The van der Waals surface area contributed by atoms with Gasteiger partial charge in [0.2, 0.25) is 0 Å². The molecule has 0 heterocycles. The van der Waals surface area contributed by atoms with Crippen molar-refractivity contribution in [2.24, 2.45) is 11.0 Å². The monoisotopic (exact) mass is 643 g/mol. The zero-order chi connectivity index (χ0) is 29.8. The average Bonchev–Trinajstić information content (AvgIpc) is 2.92. The van der Waals surface area contributed by atoms with Gasteiger partial charge < -0.3 is 19.5 Å². The summed E-state index contributed by atoms with van der Waals surface area (Å²) in [5.74, 6) is 1.00. The molecule has 0 unspecified atom stereocenters. The van der Waals surface area contributed by atoms with Gasteiger partial charge in [-0.2, -0.15) is 5.10 Å². The zero-order valence-corrected chi connectivity index (χ0v) is 25.9. The largest absolute Gasteiger partial charge is 0.490 e. The number of para-hydroxylation sites is 1. The molecule has 0 radical (unpaired) electrons. The highest BCUT2D eigenvalue weighted by molar-refractivity contribution is 9.10. The van der Waals surface area contributed by atoms with Crippen LogP contribution in [0.15, 0.2) is 70.2 Å². The van der Waals surface area contributed by atoms with E-state index in [0.717, 1.165) is 11.1 Å². The first-order valence-electron chi connectivity index (χ1n) is 13.3. The third kappa shape index (κ3) is 10.1. The smallest absolute Gasteiger partial charge is 0.262 e. The maximum absolute atomic E-state index is 12.9. The van der Waals surface area contributed by atoms with Crippen molar-refractivity contribution in [3.63, 3.8) is 0 Å². The normalized spacial score (nSPS) is 11.8. The molecule has 2 N–H and O–H groups in total. The Morgan fingerprint density at radius 3 is 2.46 bits per heavy atom. The molecule has 3 rings (SSSR count). The van der Waals surface area contributed by atoms with Crippen LogP contribution in [0.25, 0.3) is 0 Å². The Labute approximate surface area is 254 Å². The van der Waals surface area contributed by atoms with Crippen LogP contribution >= 0.6 is 27.5 Å². The number of carbonyl (C=O) groups excluding carboxylic acids is 2. The fourth-order valence-electron chi connectivity index (χ4n) is 3.88. The van der Waals surface area contributed by atoms with Crippen LogP contribution in [0.3, 0.4) is 0 Å². The Hall–Kier alpha value is -3.56. The quantitative estimate of drug-likeness (QED) is 0.155. The molecule has 3 aromatic carbocycles. The highest BCUT2D eigenvalue weighted by Crippen LogP contribution is 2.37. The van der Waals surface area contributed by atoms with Crippen LogP contribution in [-0.2, 0) is 16.2 Å². The molecule has 0 aliphatic carbocycles. The summed E-state index contributed by atoms with van der Waals surface area (Å²) >= 11 is 9.81. The standard InChI is InChI=1S/C31H35BrClN3O5/c1-5-39-28-16-22(15-24(32)30(28)41-18-23-11-7-8-12-25(23)33)17-34-36-31(38)26(14-20(2)3)35-29(37)19-40-27-13-9-6-10-21(27)4/h6-13,15-17,20,26H,5,14,18-19H2,1-4H3,(H,35,37)(H,36,38)/b34-17-/t26-/m1/s1. The third-order valence-electron chi connectivity index (χ3n) is 5.86. The van der Waals surface area contributed by atoms with E-state index in [0.29, 0.717) is 45.3 Å². The van der Waals surface area contributed by atoms with Crippen molar-refractivity contribution in [2.45, 2.75) is 46.8 Å². The number of nitrogens with zero attached hydrogens (tertiary/aromatic N) is 1. The molecule has 0 fully saturated rings. The van der Waals surface area contributed by atoms with Crippen molar-refractivity contribution in [1.82, 2.24) is 10.7 Å². The molecule has 0 saturated heterocycles. The van der Waals surface area contributed by atoms with E-state index in [1.165, 1.54) is 6.21 Å². The summed E-state index contributed by atoms with van der Waals surface area (Å²) < 4.78 is 18.1. The number of ether oxygens (including phenoxy) is 3. The molecule has 0 spiro atoms. The van der Waals surface area contributed by atoms with Gasteiger partial charge in [-0.1, -0.05) is 61.8 Å². The minimum atomic E-state index is -0.772. The van der Waals surface area contributed by atoms with E-state index in [4.69, 9.17) is 25.8 Å². The molecule has 8 nitrogen and oxygen atoms in total. The van der Waals surface area contributed by atoms with Crippen LogP contribution in [0.4, 0.5) is 0 Å². The summed E-state index contributed by atoms with van der Waals surface area (Å²) in [5, 5.41) is 7.49. The van der Waals surface area contributed by atoms with Crippen LogP contribution in [-0.4, -0.2) is 37.3 Å². The van der Waals surface area contributed by atoms with Gasteiger partial charge in [-0.25, -0.2) is 5.43 Å². The van der Waals surface area contributed by atoms with Gasteiger partial charge in [0.1, 0.15) is 18.4 Å². The molecule has 1 atom stereocenters. The van der Waals surface area contributed by atoms with Crippen molar-refractivity contribution in [2.75, 3.05) is 13.2 Å². The number of aryl methyl sites for hydroxylation is 1. The molecule has 41 heavy (non-hydrogen) atoms. The number of carbonyl (C=O) groups is 2. The summed E-state index contributed by atoms with van der Waals surface area (Å²) in [6.45, 7) is 8.22. The van der Waals surface area contributed by atoms with Gasteiger partial charge in [0, 0.05) is 10.6 Å². The lowest BCUT2D eigenvalue weighted by molar-refractivity contribution is -0.130. The number of nitrogens with one attached hydrogen (secondary N) is 2. The first-order valence-corrected chi connectivity index (χ1v) is 14.5. The Kier molecular flexibility index (Phi) is 12.5. The van der Waals surface area contributed by atoms with Gasteiger partial charge in [-0.15, -0.1) is 0 Å². The topological polar surface area (TPSA) is 98.2 Å². The van der Waals surface area contributed by atoms with Gasteiger partial charge in [0.15, 0.2) is 18.1 Å². The fourth-order valence-corrected chi connectivity index (χ4v) is 4.64. The van der Waals surface area contributed by atoms with Crippen molar-refractivity contribution in [1.29, 1.82) is 0 Å². The molecule has 0 saturated carbocycles. The van der Waals surface area contributed by atoms with Crippen molar-refractivity contribution < 1.29 is 23.8 Å². The first-order chi connectivity index (χ1) is 19.7. The van der Waals surface area contributed by atoms with Crippen LogP contribution in [0.2, 0.25) is 5.02 Å². The first kappa shape index (κ1) is 32.0. The minimum Gasteiger partial charge on any atom is -0.490 e. The van der Waals surface area contributed by atoms with E-state index in [2.05, 4.69) is 31.8 Å². The molecular formula is C31H35BrClN3O5. The Balaban J connectivity index is 1.64. The number of hydrogen-bond donors (Lipinski definition) is 2. The molecule has 3 aromatic rings. The number of halogens is 2. The van der Waals surface area contributed by atoms with Crippen LogP contribution < -0.4 is 25.0 Å². The van der Waals surface area contributed by atoms with E-state index < -0.39 is 17.9 Å². The SMILES string of the molecule is CCOc1cc(/C=N\NC(=O)[C@@H](CC(C)C)NC(=O)COc2ccccc2C)cc(Br)c1OCc1ccccc1Cl. The van der Waals surface area contributed by atoms with Gasteiger partial charge >= 0.3 is 0 Å².